The number of hydrogen-bond acceptors (Lipinski definition) is 3. The number of para-hydroxylation sites is 1. The van der Waals surface area contributed by atoms with E-state index in [1.165, 1.54) is 18.2 Å². The van der Waals surface area contributed by atoms with Crippen molar-refractivity contribution in [3.8, 4) is 0 Å². The number of hydrogen-bond donors (Lipinski definition) is 2. The van der Waals surface area contributed by atoms with Crippen LogP contribution in [0.25, 0.3) is 11.0 Å². The molecule has 1 aromatic carbocycles. The van der Waals surface area contributed by atoms with Crippen LogP contribution >= 0.6 is 0 Å². The van der Waals surface area contributed by atoms with Gasteiger partial charge in [-0.1, -0.05) is 12.1 Å². The van der Waals surface area contributed by atoms with E-state index in [4.69, 9.17) is 14.5 Å². The molecule has 0 aliphatic rings. The number of halogens is 1. The second kappa shape index (κ2) is 2.87. The highest BCUT2D eigenvalue weighted by Gasteiger charge is 2.17. The Labute approximate surface area is 73.6 Å². The highest BCUT2D eigenvalue weighted by Crippen LogP contribution is 2.16. The van der Waals surface area contributed by atoms with Crippen molar-refractivity contribution in [2.75, 3.05) is 0 Å². The molecule has 0 aliphatic heterocycles. The molecule has 0 aliphatic carbocycles. The lowest BCUT2D eigenvalue weighted by atomic mass is 9.88. The zero-order chi connectivity index (χ0) is 9.42. The van der Waals surface area contributed by atoms with E-state index >= 15 is 0 Å². The predicted molar refractivity (Wildman–Crippen MR) is 46.0 cm³/mol. The Hall–Kier alpha value is -1.33. The van der Waals surface area contributed by atoms with Crippen molar-refractivity contribution in [1.82, 2.24) is 0 Å². The standard InChI is InChI=1S/C8H6BFO3/c10-6-3-1-2-5-4-7(9(11)12)13-8(5)6/h1-4,11-12H. The Morgan fingerprint density at radius 2 is 2.08 bits per heavy atom. The summed E-state index contributed by atoms with van der Waals surface area (Å²) in [6, 6.07) is 5.80. The second-order valence-corrected chi connectivity index (χ2v) is 2.68. The van der Waals surface area contributed by atoms with Gasteiger partial charge in [0.25, 0.3) is 0 Å². The van der Waals surface area contributed by atoms with Gasteiger partial charge in [-0.05, 0) is 12.1 Å². The molecule has 66 valence electrons. The lowest BCUT2D eigenvalue weighted by molar-refractivity contribution is 0.411. The van der Waals surface area contributed by atoms with Crippen LogP contribution in [0.3, 0.4) is 0 Å². The van der Waals surface area contributed by atoms with Crippen molar-refractivity contribution in [2.45, 2.75) is 0 Å². The zero-order valence-corrected chi connectivity index (χ0v) is 6.57. The largest absolute Gasteiger partial charge is 0.526 e. The summed E-state index contributed by atoms with van der Waals surface area (Å²) in [5.74, 6) is -0.510. The first-order valence-corrected chi connectivity index (χ1v) is 3.72. The molecule has 0 atom stereocenters. The van der Waals surface area contributed by atoms with Crippen LogP contribution in [0, 0.1) is 5.82 Å². The van der Waals surface area contributed by atoms with E-state index in [0.717, 1.165) is 0 Å². The SMILES string of the molecule is OB(O)c1cc2cccc(F)c2o1. The molecule has 2 rings (SSSR count). The van der Waals surface area contributed by atoms with Gasteiger partial charge in [0.1, 0.15) is 5.66 Å². The maximum absolute atomic E-state index is 13.0. The molecular formula is C8H6BFO3. The van der Waals surface area contributed by atoms with Crippen LogP contribution in [-0.4, -0.2) is 17.2 Å². The Balaban J connectivity index is 2.68. The van der Waals surface area contributed by atoms with Gasteiger partial charge in [-0.15, -0.1) is 0 Å². The molecule has 0 saturated heterocycles. The summed E-state index contributed by atoms with van der Waals surface area (Å²) in [6.45, 7) is 0. The van der Waals surface area contributed by atoms with E-state index in [9.17, 15) is 4.39 Å². The molecule has 0 fully saturated rings. The van der Waals surface area contributed by atoms with E-state index in [1.807, 2.05) is 0 Å². The Bertz CT molecular complexity index is 438. The fourth-order valence-corrected chi connectivity index (χ4v) is 1.17. The molecule has 2 aromatic rings. The van der Waals surface area contributed by atoms with Gasteiger partial charge >= 0.3 is 7.12 Å². The maximum atomic E-state index is 13.0. The molecule has 0 saturated carbocycles. The van der Waals surface area contributed by atoms with Crippen LogP contribution in [0.1, 0.15) is 0 Å². The minimum Gasteiger partial charge on any atom is -0.462 e. The monoisotopic (exact) mass is 180 g/mol. The van der Waals surface area contributed by atoms with Crippen LogP contribution < -0.4 is 5.66 Å². The molecule has 13 heavy (non-hydrogen) atoms. The van der Waals surface area contributed by atoms with Gasteiger partial charge in [0, 0.05) is 5.39 Å². The number of benzene rings is 1. The smallest absolute Gasteiger partial charge is 0.462 e. The Kier molecular flexibility index (Phi) is 1.83. The van der Waals surface area contributed by atoms with E-state index in [0.29, 0.717) is 5.39 Å². The van der Waals surface area contributed by atoms with Crippen LogP contribution in [0.2, 0.25) is 0 Å². The van der Waals surface area contributed by atoms with Crippen LogP contribution in [-0.2, 0) is 0 Å². The number of fused-ring (bicyclic) bond motifs is 1. The van der Waals surface area contributed by atoms with E-state index in [-0.39, 0.29) is 11.2 Å². The minimum absolute atomic E-state index is 0.0469. The van der Waals surface area contributed by atoms with Crippen molar-refractivity contribution in [3.63, 3.8) is 0 Å². The summed E-state index contributed by atoms with van der Waals surface area (Å²) in [7, 11) is -1.70. The molecule has 3 nitrogen and oxygen atoms in total. The number of rotatable bonds is 1. The third kappa shape index (κ3) is 1.32. The first-order valence-electron chi connectivity index (χ1n) is 3.72. The lowest BCUT2D eigenvalue weighted by Crippen LogP contribution is -2.27. The van der Waals surface area contributed by atoms with Gasteiger partial charge in [-0.2, -0.15) is 0 Å². The molecule has 1 heterocycles. The second-order valence-electron chi connectivity index (χ2n) is 2.68. The van der Waals surface area contributed by atoms with Crippen molar-refractivity contribution in [1.29, 1.82) is 0 Å². The lowest BCUT2D eigenvalue weighted by Gasteiger charge is -1.90. The quantitative estimate of drug-likeness (QED) is 0.618. The van der Waals surface area contributed by atoms with Crippen LogP contribution in [0.5, 0.6) is 0 Å². The molecule has 1 aromatic heterocycles. The fourth-order valence-electron chi connectivity index (χ4n) is 1.17. The van der Waals surface area contributed by atoms with Gasteiger partial charge < -0.3 is 14.5 Å². The molecule has 2 N–H and O–H groups in total. The summed E-state index contributed by atoms with van der Waals surface area (Å²) in [5.41, 5.74) is -0.00861. The van der Waals surface area contributed by atoms with Gasteiger partial charge in [-0.25, -0.2) is 4.39 Å². The molecule has 0 bridgehead atoms. The van der Waals surface area contributed by atoms with Gasteiger partial charge in [0.15, 0.2) is 11.4 Å². The Morgan fingerprint density at radius 1 is 1.31 bits per heavy atom. The summed E-state index contributed by atoms with van der Waals surface area (Å²) in [4.78, 5) is 0. The first kappa shape index (κ1) is 8.28. The summed E-state index contributed by atoms with van der Waals surface area (Å²) in [5, 5.41) is 18.0. The summed E-state index contributed by atoms with van der Waals surface area (Å²) in [6.07, 6.45) is 0. The van der Waals surface area contributed by atoms with Crippen LogP contribution in [0.15, 0.2) is 28.7 Å². The van der Waals surface area contributed by atoms with Crippen molar-refractivity contribution in [3.05, 3.63) is 30.1 Å². The van der Waals surface area contributed by atoms with Crippen LogP contribution in [0.4, 0.5) is 4.39 Å². The third-order valence-electron chi connectivity index (χ3n) is 1.77. The number of furan rings is 1. The molecule has 5 heteroatoms. The maximum Gasteiger partial charge on any atom is 0.526 e. The molecule has 0 unspecified atom stereocenters. The first-order chi connectivity index (χ1) is 6.18. The van der Waals surface area contributed by atoms with Gasteiger partial charge in [-0.3, -0.25) is 0 Å². The third-order valence-corrected chi connectivity index (χ3v) is 1.77. The summed E-state index contributed by atoms with van der Waals surface area (Å²) < 4.78 is 17.9. The molecule has 0 amide bonds. The van der Waals surface area contributed by atoms with Gasteiger partial charge in [0.2, 0.25) is 0 Å². The molecular weight excluding hydrogens is 174 g/mol. The zero-order valence-electron chi connectivity index (χ0n) is 6.57. The fraction of sp³-hybridized carbons (Fsp3) is 0. The summed E-state index contributed by atoms with van der Waals surface area (Å²) >= 11 is 0. The average Bonchev–Trinajstić information content (AvgIpc) is 2.49. The predicted octanol–water partition coefficient (Wildman–Crippen LogP) is 0.252. The molecule has 0 radical (unpaired) electrons. The molecule has 0 spiro atoms. The highest BCUT2D eigenvalue weighted by atomic mass is 19.1. The normalized spacial score (nSPS) is 10.7. The van der Waals surface area contributed by atoms with E-state index in [2.05, 4.69) is 0 Å². The van der Waals surface area contributed by atoms with Crippen molar-refractivity contribution < 1.29 is 18.9 Å². The average molecular weight is 180 g/mol. The van der Waals surface area contributed by atoms with Gasteiger partial charge in [0.05, 0.1) is 0 Å². The van der Waals surface area contributed by atoms with Crippen molar-refractivity contribution in [2.24, 2.45) is 0 Å². The Morgan fingerprint density at radius 3 is 2.69 bits per heavy atom. The highest BCUT2D eigenvalue weighted by molar-refractivity contribution is 6.57. The van der Waals surface area contributed by atoms with Crippen molar-refractivity contribution >= 4 is 23.7 Å². The minimum atomic E-state index is -1.70. The topological polar surface area (TPSA) is 53.6 Å². The van der Waals surface area contributed by atoms with E-state index in [1.54, 1.807) is 6.07 Å². The van der Waals surface area contributed by atoms with E-state index < -0.39 is 12.9 Å².